The van der Waals surface area contributed by atoms with Crippen LogP contribution in [0.25, 0.3) is 11.1 Å². The molecule has 12 heteroatoms. The number of ether oxygens (including phenoxy) is 2. The number of hydrogen-bond donors (Lipinski definition) is 3. The number of nitrogens with two attached hydrogens (primary N) is 1. The molecule has 0 bridgehead atoms. The van der Waals surface area contributed by atoms with Crippen molar-refractivity contribution in [1.29, 1.82) is 0 Å². The lowest BCUT2D eigenvalue weighted by Gasteiger charge is -2.24. The maximum Gasteiger partial charge on any atom is 0.420 e. The normalized spacial score (nSPS) is 13.7. The Labute approximate surface area is 198 Å². The highest BCUT2D eigenvalue weighted by Crippen LogP contribution is 2.33. The molecule has 0 radical (unpaired) electrons. The average Bonchev–Trinajstić information content (AvgIpc) is 3.11. The number of hydrogen-bond acceptors (Lipinski definition) is 9. The molecule has 2 aromatic heterocycles. The van der Waals surface area contributed by atoms with E-state index in [1.807, 2.05) is 0 Å². The lowest BCUT2D eigenvalue weighted by atomic mass is 10.1. The van der Waals surface area contributed by atoms with E-state index in [0.29, 0.717) is 10.7 Å². The predicted octanol–water partition coefficient (Wildman–Crippen LogP) is 2.22. The van der Waals surface area contributed by atoms with Crippen molar-refractivity contribution >= 4 is 40.3 Å². The van der Waals surface area contributed by atoms with E-state index in [9.17, 15) is 19.8 Å². The van der Waals surface area contributed by atoms with Gasteiger partial charge in [-0.25, -0.2) is 9.59 Å². The zero-order valence-electron chi connectivity index (χ0n) is 17.8. The number of nitrogens with zero attached hydrogens (tertiary/aromatic N) is 2. The largest absolute Gasteiger partial charge is 0.483 e. The van der Waals surface area contributed by atoms with Gasteiger partial charge in [-0.05, 0) is 32.0 Å². The summed E-state index contributed by atoms with van der Waals surface area (Å²) in [5, 5.41) is 19.1. The minimum atomic E-state index is -1.50. The highest BCUT2D eigenvalue weighted by atomic mass is 35.5. The van der Waals surface area contributed by atoms with Gasteiger partial charge in [0.05, 0.1) is 40.0 Å². The number of carbonyl (C=O) groups excluding carboxylic acids is 1. The summed E-state index contributed by atoms with van der Waals surface area (Å²) in [5.74, 6) is -1.36. The Morgan fingerprint density at radius 3 is 2.58 bits per heavy atom. The van der Waals surface area contributed by atoms with Gasteiger partial charge in [-0.15, -0.1) is 0 Å². The first-order chi connectivity index (χ1) is 15.6. The van der Waals surface area contributed by atoms with Crippen molar-refractivity contribution in [3.05, 3.63) is 56.8 Å². The van der Waals surface area contributed by atoms with Gasteiger partial charge in [0.2, 0.25) is 0 Å². The molecule has 3 rings (SSSR count). The molecule has 178 valence electrons. The number of pyridine rings is 1. The fourth-order valence-corrected chi connectivity index (χ4v) is 3.27. The molecule has 0 saturated heterocycles. The molecule has 2 atom stereocenters. The van der Waals surface area contributed by atoms with Gasteiger partial charge in [0.15, 0.2) is 5.58 Å². The first-order valence-electron chi connectivity index (χ1n) is 9.88. The topological polar surface area (TPSA) is 150 Å². The highest BCUT2D eigenvalue weighted by Gasteiger charge is 2.29. The van der Waals surface area contributed by atoms with Crippen molar-refractivity contribution in [3.8, 4) is 5.75 Å². The van der Waals surface area contributed by atoms with Crippen LogP contribution >= 0.6 is 23.2 Å². The molecular weight excluding hydrogens is 477 g/mol. The predicted molar refractivity (Wildman–Crippen MR) is 121 cm³/mol. The number of halogens is 2. The van der Waals surface area contributed by atoms with E-state index < -0.39 is 49.2 Å². The number of aromatic nitrogens is 2. The van der Waals surface area contributed by atoms with E-state index in [1.165, 1.54) is 25.3 Å². The van der Waals surface area contributed by atoms with Gasteiger partial charge in [-0.1, -0.05) is 23.2 Å². The molecule has 0 fully saturated rings. The second-order valence-electron chi connectivity index (χ2n) is 7.61. The molecule has 0 spiro atoms. The molecule has 4 N–H and O–H groups in total. The van der Waals surface area contributed by atoms with Gasteiger partial charge < -0.3 is 29.8 Å². The molecule has 1 unspecified atom stereocenters. The first kappa shape index (κ1) is 25.0. The van der Waals surface area contributed by atoms with Crippen LogP contribution in [0.5, 0.6) is 5.75 Å². The summed E-state index contributed by atoms with van der Waals surface area (Å²) in [4.78, 5) is 29.2. The van der Waals surface area contributed by atoms with E-state index in [2.05, 4.69) is 4.98 Å². The number of fused-ring (bicyclic) bond motifs is 1. The monoisotopic (exact) mass is 499 g/mol. The van der Waals surface area contributed by atoms with Crippen molar-refractivity contribution in [1.82, 2.24) is 9.55 Å². The quantitative estimate of drug-likeness (QED) is 0.376. The van der Waals surface area contributed by atoms with E-state index in [4.69, 9.17) is 42.8 Å². The SMILES string of the molecule is CC(Oc1cc2oc(=O)n([C@H](C)C(=O)OCC(N)(CO)CO)c2cc1Cl)c1ccc(Cl)cn1. The van der Waals surface area contributed by atoms with Gasteiger partial charge in [0.25, 0.3) is 0 Å². The molecule has 33 heavy (non-hydrogen) atoms. The number of rotatable bonds is 9. The van der Waals surface area contributed by atoms with Crippen LogP contribution < -0.4 is 16.2 Å². The summed E-state index contributed by atoms with van der Waals surface area (Å²) >= 11 is 12.2. The fourth-order valence-electron chi connectivity index (χ4n) is 2.95. The summed E-state index contributed by atoms with van der Waals surface area (Å²) in [6.45, 7) is 1.57. The molecule has 0 aliphatic heterocycles. The van der Waals surface area contributed by atoms with Crippen molar-refractivity contribution in [2.24, 2.45) is 5.73 Å². The number of carbonyl (C=O) groups is 1. The van der Waals surface area contributed by atoms with Crippen LogP contribution in [0.3, 0.4) is 0 Å². The van der Waals surface area contributed by atoms with Gasteiger partial charge in [-0.2, -0.15) is 0 Å². The standard InChI is InChI=1S/C21H23Cl2N3O7/c1-11(19(29)31-10-21(24,8-27)9-28)26-16-5-14(23)17(6-18(16)33-20(26)30)32-12(2)15-4-3-13(22)7-25-15/h3-7,11-12,27-28H,8-10,24H2,1-2H3/t11-,12?/m1/s1. The summed E-state index contributed by atoms with van der Waals surface area (Å²) < 4.78 is 17.3. The maximum atomic E-state index is 12.5. The van der Waals surface area contributed by atoms with Crippen LogP contribution in [0.2, 0.25) is 10.0 Å². The molecule has 1 aromatic carbocycles. The van der Waals surface area contributed by atoms with Crippen LogP contribution in [-0.4, -0.2) is 51.1 Å². The Morgan fingerprint density at radius 2 is 1.97 bits per heavy atom. The number of aliphatic hydroxyl groups excluding tert-OH is 2. The molecule has 0 aliphatic rings. The maximum absolute atomic E-state index is 12.5. The van der Waals surface area contributed by atoms with Crippen molar-refractivity contribution in [3.63, 3.8) is 0 Å². The zero-order valence-corrected chi connectivity index (χ0v) is 19.3. The van der Waals surface area contributed by atoms with E-state index in [-0.39, 0.29) is 21.9 Å². The lowest BCUT2D eigenvalue weighted by Crippen LogP contribution is -2.52. The van der Waals surface area contributed by atoms with E-state index >= 15 is 0 Å². The van der Waals surface area contributed by atoms with Crippen LogP contribution in [0.4, 0.5) is 0 Å². The van der Waals surface area contributed by atoms with Crippen LogP contribution in [0.1, 0.15) is 31.7 Å². The molecule has 0 aliphatic carbocycles. The number of aliphatic hydroxyl groups is 2. The molecule has 2 heterocycles. The molecular formula is C21H23Cl2N3O7. The first-order valence-corrected chi connectivity index (χ1v) is 10.6. The lowest BCUT2D eigenvalue weighted by molar-refractivity contribution is -0.150. The van der Waals surface area contributed by atoms with Crippen LogP contribution in [0, 0.1) is 0 Å². The van der Waals surface area contributed by atoms with Gasteiger partial charge in [0.1, 0.15) is 24.5 Å². The number of esters is 1. The Hall–Kier alpha value is -2.63. The fraction of sp³-hybridized carbons (Fsp3) is 0.381. The summed E-state index contributed by atoms with van der Waals surface area (Å²) in [6, 6.07) is 5.19. The molecule has 10 nitrogen and oxygen atoms in total. The van der Waals surface area contributed by atoms with Crippen LogP contribution in [-0.2, 0) is 9.53 Å². The number of benzene rings is 1. The van der Waals surface area contributed by atoms with Crippen molar-refractivity contribution < 1.29 is 28.9 Å². The minimum absolute atomic E-state index is 0.147. The molecule has 0 saturated carbocycles. The van der Waals surface area contributed by atoms with Crippen LogP contribution in [0.15, 0.2) is 39.7 Å². The van der Waals surface area contributed by atoms with Gasteiger partial charge >= 0.3 is 11.7 Å². The summed E-state index contributed by atoms with van der Waals surface area (Å²) in [6.07, 6.45) is 1.02. The second kappa shape index (κ2) is 10.1. The van der Waals surface area contributed by atoms with E-state index in [1.54, 1.807) is 19.1 Å². The molecule has 0 amide bonds. The van der Waals surface area contributed by atoms with Gasteiger partial charge in [-0.3, -0.25) is 9.55 Å². The highest BCUT2D eigenvalue weighted by molar-refractivity contribution is 6.32. The third-order valence-electron chi connectivity index (χ3n) is 5.00. The average molecular weight is 500 g/mol. The van der Waals surface area contributed by atoms with Crippen molar-refractivity contribution in [2.75, 3.05) is 19.8 Å². The zero-order chi connectivity index (χ0) is 24.3. The Kier molecular flexibility index (Phi) is 7.65. The van der Waals surface area contributed by atoms with Crippen molar-refractivity contribution in [2.45, 2.75) is 31.5 Å². The Morgan fingerprint density at radius 1 is 1.27 bits per heavy atom. The van der Waals surface area contributed by atoms with Gasteiger partial charge in [0, 0.05) is 12.3 Å². The summed E-state index contributed by atoms with van der Waals surface area (Å²) in [5.41, 5.74) is 5.22. The number of oxazole rings is 1. The minimum Gasteiger partial charge on any atom is -0.483 e. The Bertz CT molecular complexity index is 1190. The molecule has 3 aromatic rings. The Balaban J connectivity index is 1.84. The third-order valence-corrected chi connectivity index (χ3v) is 5.52. The second-order valence-corrected chi connectivity index (χ2v) is 8.46. The van der Waals surface area contributed by atoms with E-state index in [0.717, 1.165) is 4.57 Å². The third kappa shape index (κ3) is 5.48. The summed E-state index contributed by atoms with van der Waals surface area (Å²) in [7, 11) is 0. The smallest absolute Gasteiger partial charge is 0.420 e.